The Labute approximate surface area is 192 Å². The number of aryl methyl sites for hydroxylation is 1. The van der Waals surface area contributed by atoms with Crippen LogP contribution in [0.15, 0.2) is 30.9 Å². The van der Waals surface area contributed by atoms with Gasteiger partial charge in [-0.3, -0.25) is 14.6 Å². The zero-order valence-electron chi connectivity index (χ0n) is 19.5. The lowest BCUT2D eigenvalue weighted by Gasteiger charge is -2.41. The first-order valence-corrected chi connectivity index (χ1v) is 11.3. The van der Waals surface area contributed by atoms with Gasteiger partial charge >= 0.3 is 0 Å². The Hall–Kier alpha value is -3.28. The zero-order valence-corrected chi connectivity index (χ0v) is 19.5. The van der Waals surface area contributed by atoms with Gasteiger partial charge in [-0.1, -0.05) is 18.8 Å². The van der Waals surface area contributed by atoms with Crippen LogP contribution in [0.3, 0.4) is 0 Å². The number of hydrogen-bond donors (Lipinski definition) is 1. The lowest BCUT2D eigenvalue weighted by atomic mass is 10.0. The molecule has 1 fully saturated rings. The van der Waals surface area contributed by atoms with Gasteiger partial charge in [-0.25, -0.2) is 9.37 Å². The van der Waals surface area contributed by atoms with Crippen molar-refractivity contribution in [1.82, 2.24) is 34.5 Å². The van der Waals surface area contributed by atoms with Gasteiger partial charge in [0.05, 0.1) is 40.9 Å². The summed E-state index contributed by atoms with van der Waals surface area (Å²) in [4.78, 5) is 16.9. The van der Waals surface area contributed by atoms with Crippen LogP contribution < -0.4 is 0 Å². The monoisotopic (exact) mass is 445 g/mol. The van der Waals surface area contributed by atoms with Crippen molar-refractivity contribution in [2.45, 2.75) is 26.3 Å². The highest BCUT2D eigenvalue weighted by atomic mass is 19.1. The number of pyridine rings is 2. The zero-order chi connectivity index (χ0) is 23.2. The number of aromatic nitrogens is 5. The van der Waals surface area contributed by atoms with Crippen LogP contribution in [-0.4, -0.2) is 72.8 Å². The molecular weight excluding hydrogens is 417 g/mol. The SMILES string of the molecule is CCN1CCN(C(C)(C)C#Cc2c(F)cnc3[nH]c4cnc(-c5cnn(C)c5)cc4c23)CC1. The van der Waals surface area contributed by atoms with Crippen LogP contribution in [0.1, 0.15) is 26.3 Å². The number of fused-ring (bicyclic) bond motifs is 3. The fraction of sp³-hybridized carbons (Fsp3) is 0.400. The first-order valence-electron chi connectivity index (χ1n) is 11.3. The van der Waals surface area contributed by atoms with E-state index in [1.807, 2.05) is 19.3 Å². The third kappa shape index (κ3) is 3.99. The molecule has 0 saturated carbocycles. The molecule has 7 nitrogen and oxygen atoms in total. The molecule has 5 rings (SSSR count). The van der Waals surface area contributed by atoms with Crippen LogP contribution in [0.5, 0.6) is 0 Å². The fourth-order valence-electron chi connectivity index (χ4n) is 4.49. The van der Waals surface area contributed by atoms with Crippen LogP contribution >= 0.6 is 0 Å². The number of piperazine rings is 1. The highest BCUT2D eigenvalue weighted by Crippen LogP contribution is 2.31. The normalized spacial score (nSPS) is 15.8. The Morgan fingerprint density at radius 2 is 1.91 bits per heavy atom. The summed E-state index contributed by atoms with van der Waals surface area (Å²) in [7, 11) is 1.87. The first-order chi connectivity index (χ1) is 15.9. The number of aromatic amines is 1. The standard InChI is InChI=1S/C25H28FN7/c1-5-32-8-10-33(11-9-32)25(2,3)7-6-18-20(26)14-28-24-23(18)19-12-21(27-15-22(19)30-24)17-13-29-31(4)16-17/h12-16H,5,8-11H2,1-4H3,(H,28,30). The van der Waals surface area contributed by atoms with Crippen LogP contribution in [0.4, 0.5) is 4.39 Å². The molecule has 33 heavy (non-hydrogen) atoms. The minimum Gasteiger partial charge on any atom is -0.338 e. The van der Waals surface area contributed by atoms with E-state index in [1.165, 1.54) is 6.20 Å². The number of nitrogens with zero attached hydrogens (tertiary/aromatic N) is 6. The predicted molar refractivity (Wildman–Crippen MR) is 128 cm³/mol. The number of halogens is 1. The molecule has 1 saturated heterocycles. The van der Waals surface area contributed by atoms with Gasteiger partial charge in [0.25, 0.3) is 0 Å². The molecule has 4 aromatic heterocycles. The van der Waals surface area contributed by atoms with Crippen LogP contribution in [0.2, 0.25) is 0 Å². The third-order valence-corrected chi connectivity index (χ3v) is 6.56. The predicted octanol–water partition coefficient (Wildman–Crippen LogP) is 3.42. The average Bonchev–Trinajstić information content (AvgIpc) is 3.41. The molecule has 4 aromatic rings. The second kappa shape index (κ2) is 8.25. The maximum atomic E-state index is 15.0. The molecule has 1 aliphatic rings. The highest BCUT2D eigenvalue weighted by Gasteiger charge is 2.28. The van der Waals surface area contributed by atoms with Crippen molar-refractivity contribution in [1.29, 1.82) is 0 Å². The molecule has 0 amide bonds. The molecule has 1 aliphatic heterocycles. The smallest absolute Gasteiger partial charge is 0.157 e. The van der Waals surface area contributed by atoms with Crippen molar-refractivity contribution in [3.63, 3.8) is 0 Å². The molecular formula is C25H28FN7. The second-order valence-electron chi connectivity index (χ2n) is 9.08. The Morgan fingerprint density at radius 3 is 2.61 bits per heavy atom. The molecule has 0 atom stereocenters. The Kier molecular flexibility index (Phi) is 5.39. The molecule has 0 aromatic carbocycles. The molecule has 0 aliphatic carbocycles. The number of rotatable bonds is 3. The second-order valence-corrected chi connectivity index (χ2v) is 9.08. The molecule has 0 spiro atoms. The topological polar surface area (TPSA) is 65.9 Å². The molecule has 170 valence electrons. The number of nitrogens with one attached hydrogen (secondary N) is 1. The van der Waals surface area contributed by atoms with Crippen molar-refractivity contribution in [3.8, 4) is 23.1 Å². The largest absolute Gasteiger partial charge is 0.338 e. The van der Waals surface area contributed by atoms with E-state index < -0.39 is 5.82 Å². The van der Waals surface area contributed by atoms with E-state index in [4.69, 9.17) is 0 Å². The summed E-state index contributed by atoms with van der Waals surface area (Å²) in [5.41, 5.74) is 3.09. The maximum absolute atomic E-state index is 15.0. The van der Waals surface area contributed by atoms with Gasteiger partial charge in [-0.2, -0.15) is 5.10 Å². The number of hydrogen-bond acceptors (Lipinski definition) is 5. The summed E-state index contributed by atoms with van der Waals surface area (Å²) in [5.74, 6) is 6.13. The van der Waals surface area contributed by atoms with E-state index in [1.54, 1.807) is 17.1 Å². The minimum absolute atomic E-state index is 0.365. The van der Waals surface area contributed by atoms with Gasteiger partial charge < -0.3 is 9.88 Å². The van der Waals surface area contributed by atoms with Gasteiger partial charge in [-0.15, -0.1) is 0 Å². The number of H-pyrrole nitrogens is 1. The van der Waals surface area contributed by atoms with Crippen LogP contribution in [0, 0.1) is 17.7 Å². The Balaban J connectivity index is 1.58. The molecule has 5 heterocycles. The summed E-state index contributed by atoms with van der Waals surface area (Å²) in [6.07, 6.45) is 6.67. The number of likely N-dealkylation sites (N-methyl/N-ethyl adjacent to an activating group) is 1. The molecule has 0 unspecified atom stereocenters. The van der Waals surface area contributed by atoms with E-state index >= 15 is 4.39 Å². The van der Waals surface area contributed by atoms with E-state index in [2.05, 4.69) is 62.5 Å². The summed E-state index contributed by atoms with van der Waals surface area (Å²) in [6.45, 7) is 11.4. The summed E-state index contributed by atoms with van der Waals surface area (Å²) < 4.78 is 16.8. The van der Waals surface area contributed by atoms with Crippen molar-refractivity contribution >= 4 is 21.9 Å². The third-order valence-electron chi connectivity index (χ3n) is 6.56. The van der Waals surface area contributed by atoms with Crippen molar-refractivity contribution in [3.05, 3.63) is 42.2 Å². The fourth-order valence-corrected chi connectivity index (χ4v) is 4.49. The van der Waals surface area contributed by atoms with Gasteiger partial charge in [-0.05, 0) is 26.5 Å². The van der Waals surface area contributed by atoms with E-state index in [-0.39, 0.29) is 5.54 Å². The van der Waals surface area contributed by atoms with E-state index in [0.29, 0.717) is 16.6 Å². The maximum Gasteiger partial charge on any atom is 0.157 e. The average molecular weight is 446 g/mol. The summed E-state index contributed by atoms with van der Waals surface area (Å²) in [6, 6.07) is 1.95. The van der Waals surface area contributed by atoms with Crippen LogP contribution in [0.25, 0.3) is 33.2 Å². The van der Waals surface area contributed by atoms with Crippen molar-refractivity contribution in [2.75, 3.05) is 32.7 Å². The van der Waals surface area contributed by atoms with Crippen molar-refractivity contribution < 1.29 is 4.39 Å². The lowest BCUT2D eigenvalue weighted by molar-refractivity contribution is 0.0840. The Morgan fingerprint density at radius 1 is 1.12 bits per heavy atom. The summed E-state index contributed by atoms with van der Waals surface area (Å²) in [5, 5.41) is 5.77. The van der Waals surface area contributed by atoms with Crippen LogP contribution in [-0.2, 0) is 7.05 Å². The molecule has 1 N–H and O–H groups in total. The molecule has 0 bridgehead atoms. The van der Waals surface area contributed by atoms with E-state index in [9.17, 15) is 0 Å². The van der Waals surface area contributed by atoms with Gasteiger partial charge in [0.15, 0.2) is 5.82 Å². The van der Waals surface area contributed by atoms with Crippen molar-refractivity contribution in [2.24, 2.45) is 7.05 Å². The quantitative estimate of drug-likeness (QED) is 0.490. The Bertz CT molecular complexity index is 1380. The highest BCUT2D eigenvalue weighted by molar-refractivity contribution is 6.09. The van der Waals surface area contributed by atoms with Gasteiger partial charge in [0, 0.05) is 55.8 Å². The summed E-state index contributed by atoms with van der Waals surface area (Å²) >= 11 is 0. The van der Waals surface area contributed by atoms with Gasteiger partial charge in [0.2, 0.25) is 0 Å². The van der Waals surface area contributed by atoms with Gasteiger partial charge in [0.1, 0.15) is 5.65 Å². The van der Waals surface area contributed by atoms with E-state index in [0.717, 1.165) is 54.9 Å². The molecule has 0 radical (unpaired) electrons. The first kappa shape index (κ1) is 21.6. The lowest BCUT2D eigenvalue weighted by Crippen LogP contribution is -2.54. The minimum atomic E-state index is -0.415. The molecule has 8 heteroatoms.